The van der Waals surface area contributed by atoms with Crippen molar-refractivity contribution in [3.63, 3.8) is 0 Å². The topological polar surface area (TPSA) is 15.3 Å². The van der Waals surface area contributed by atoms with Gasteiger partial charge in [0, 0.05) is 35.1 Å². The van der Waals surface area contributed by atoms with Crippen molar-refractivity contribution in [2.45, 2.75) is 6.04 Å². The Hall–Kier alpha value is 0.320. The van der Waals surface area contributed by atoms with Gasteiger partial charge in [0.15, 0.2) is 0 Å². The lowest BCUT2D eigenvalue weighted by atomic mass is 10.1. The van der Waals surface area contributed by atoms with Gasteiger partial charge in [-0.05, 0) is 23.8 Å². The average molecular weight is 403 g/mol. The van der Waals surface area contributed by atoms with Crippen molar-refractivity contribution >= 4 is 44.3 Å². The summed E-state index contributed by atoms with van der Waals surface area (Å²) in [7, 11) is 0. The molecule has 1 aliphatic rings. The second-order valence-corrected chi connectivity index (χ2v) is 5.99. The molecule has 1 heterocycles. The minimum atomic E-state index is -0.344. The Morgan fingerprint density at radius 3 is 2.22 bits per heavy atom. The molecule has 0 aliphatic carbocycles. The van der Waals surface area contributed by atoms with Crippen LogP contribution >= 0.6 is 44.3 Å². The third-order valence-corrected chi connectivity index (χ3v) is 3.92. The van der Waals surface area contributed by atoms with E-state index in [1.807, 2.05) is 18.2 Å². The first-order valence-corrected chi connectivity index (χ1v) is 7.26. The molecule has 1 saturated heterocycles. The van der Waals surface area contributed by atoms with Crippen LogP contribution in [-0.4, -0.2) is 37.8 Å². The van der Waals surface area contributed by atoms with Crippen molar-refractivity contribution in [3.05, 3.63) is 32.7 Å². The maximum absolute atomic E-state index is 13.3. The molecule has 1 aliphatic heterocycles. The summed E-state index contributed by atoms with van der Waals surface area (Å²) in [6.45, 7) is 3.33. The van der Waals surface area contributed by atoms with Crippen LogP contribution < -0.4 is 5.32 Å². The lowest BCUT2D eigenvalue weighted by Crippen LogP contribution is -2.45. The molecule has 102 valence electrons. The van der Waals surface area contributed by atoms with Crippen molar-refractivity contribution in [1.29, 1.82) is 0 Å². The number of benzene rings is 1. The second-order valence-electron chi connectivity index (χ2n) is 4.16. The lowest BCUT2D eigenvalue weighted by Gasteiger charge is -2.33. The van der Waals surface area contributed by atoms with E-state index in [1.54, 1.807) is 0 Å². The van der Waals surface area contributed by atoms with Crippen molar-refractivity contribution in [2.24, 2.45) is 0 Å². The highest BCUT2D eigenvalue weighted by Gasteiger charge is 2.22. The van der Waals surface area contributed by atoms with E-state index in [2.05, 4.69) is 42.1 Å². The van der Waals surface area contributed by atoms with Gasteiger partial charge in [-0.1, -0.05) is 31.9 Å². The zero-order valence-corrected chi connectivity index (χ0v) is 13.8. The largest absolute Gasteiger partial charge is 0.314 e. The molecule has 0 bridgehead atoms. The summed E-state index contributed by atoms with van der Waals surface area (Å²) >= 11 is 6.90. The number of nitrogens with one attached hydrogen (secondary N) is 1. The van der Waals surface area contributed by atoms with Crippen LogP contribution in [0.2, 0.25) is 0 Å². The third-order valence-electron chi connectivity index (χ3n) is 3.01. The Balaban J connectivity index is 0.00000162. The number of rotatable bonds is 3. The predicted octanol–water partition coefficient (Wildman–Crippen LogP) is 3.55. The van der Waals surface area contributed by atoms with Crippen molar-refractivity contribution in [3.8, 4) is 0 Å². The summed E-state index contributed by atoms with van der Waals surface area (Å²) in [5.41, 5.74) is 1.02. The summed E-state index contributed by atoms with van der Waals surface area (Å²) in [4.78, 5) is 2.20. The molecule has 1 aromatic carbocycles. The number of piperazine rings is 1. The summed E-state index contributed by atoms with van der Waals surface area (Å²) in [6, 6.07) is 5.83. The van der Waals surface area contributed by atoms with E-state index in [9.17, 15) is 4.39 Å². The van der Waals surface area contributed by atoms with Crippen LogP contribution in [0.15, 0.2) is 27.1 Å². The molecule has 0 saturated carbocycles. The molecule has 0 aromatic heterocycles. The smallest absolute Gasteiger partial charge is 0.109 e. The van der Waals surface area contributed by atoms with Gasteiger partial charge in [0.25, 0.3) is 0 Å². The molecule has 6 heteroatoms. The van der Waals surface area contributed by atoms with Crippen LogP contribution in [0.5, 0.6) is 0 Å². The molecule has 2 nitrogen and oxygen atoms in total. The maximum Gasteiger partial charge on any atom is 0.109 e. The highest BCUT2D eigenvalue weighted by Crippen LogP contribution is 2.28. The molecule has 0 unspecified atom stereocenters. The quantitative estimate of drug-likeness (QED) is 0.832. The summed E-state index contributed by atoms with van der Waals surface area (Å²) in [5, 5.41) is 3.29. The van der Waals surface area contributed by atoms with Crippen LogP contribution in [0.25, 0.3) is 0 Å². The minimum Gasteiger partial charge on any atom is -0.314 e. The molecule has 2 rings (SSSR count). The highest BCUT2D eigenvalue weighted by molar-refractivity contribution is 9.11. The third kappa shape index (κ3) is 4.17. The van der Waals surface area contributed by atoms with Gasteiger partial charge in [-0.25, -0.2) is 4.39 Å². The highest BCUT2D eigenvalue weighted by atomic mass is 79.9. The van der Waals surface area contributed by atoms with Crippen LogP contribution in [0.1, 0.15) is 11.6 Å². The molecule has 0 radical (unpaired) electrons. The van der Waals surface area contributed by atoms with Crippen LogP contribution in [0.3, 0.4) is 0 Å². The van der Waals surface area contributed by atoms with Gasteiger partial charge < -0.3 is 5.32 Å². The molecule has 0 spiro atoms. The fourth-order valence-corrected chi connectivity index (χ4v) is 3.49. The number of hydrogen-bond donors (Lipinski definition) is 1. The average Bonchev–Trinajstić information content (AvgIpc) is 2.30. The lowest BCUT2D eigenvalue weighted by molar-refractivity contribution is 0.147. The van der Waals surface area contributed by atoms with Crippen molar-refractivity contribution < 1.29 is 4.39 Å². The molecule has 1 atom stereocenters. The minimum absolute atomic E-state index is 0. The van der Waals surface area contributed by atoms with E-state index in [4.69, 9.17) is 0 Å². The predicted molar refractivity (Wildman–Crippen MR) is 82.2 cm³/mol. The van der Waals surface area contributed by atoms with Crippen LogP contribution in [0, 0.1) is 0 Å². The van der Waals surface area contributed by atoms with Gasteiger partial charge in [0.05, 0.1) is 6.04 Å². The first kappa shape index (κ1) is 16.4. The van der Waals surface area contributed by atoms with Crippen molar-refractivity contribution in [2.75, 3.05) is 32.9 Å². The Morgan fingerprint density at radius 1 is 1.17 bits per heavy atom. The molecule has 18 heavy (non-hydrogen) atoms. The summed E-state index contributed by atoms with van der Waals surface area (Å²) in [5.74, 6) is 0. The maximum atomic E-state index is 13.3. The second kappa shape index (κ2) is 7.80. The molecule has 1 fully saturated rings. The van der Waals surface area contributed by atoms with Crippen molar-refractivity contribution in [1.82, 2.24) is 10.2 Å². The molecule has 1 N–H and O–H groups in total. The fourth-order valence-electron chi connectivity index (χ4n) is 2.16. The van der Waals surface area contributed by atoms with Gasteiger partial charge in [-0.3, -0.25) is 4.90 Å². The zero-order chi connectivity index (χ0) is 12.3. The standard InChI is InChI=1S/C12H15Br2FN2.ClH/c13-10-5-9(6-11(14)7-10)12(8-15)17-3-1-16-2-4-17;/h5-7,12,16H,1-4,8H2;1H/t12-;/m1./s1. The Bertz CT molecular complexity index is 366. The van der Waals surface area contributed by atoms with E-state index in [0.717, 1.165) is 40.7 Å². The fraction of sp³-hybridized carbons (Fsp3) is 0.500. The van der Waals surface area contributed by atoms with Crippen LogP contribution in [0.4, 0.5) is 4.39 Å². The number of nitrogens with zero attached hydrogens (tertiary/aromatic N) is 1. The number of hydrogen-bond acceptors (Lipinski definition) is 2. The number of halogens is 4. The van der Waals surface area contributed by atoms with Gasteiger partial charge in [0.1, 0.15) is 6.67 Å². The molecule has 0 amide bonds. The number of alkyl halides is 1. The van der Waals surface area contributed by atoms with Gasteiger partial charge in [0.2, 0.25) is 0 Å². The SMILES string of the molecule is Cl.FC[C@H](c1cc(Br)cc(Br)c1)N1CCNCC1. The molecule has 1 aromatic rings. The van der Waals surface area contributed by atoms with Gasteiger partial charge >= 0.3 is 0 Å². The Kier molecular flexibility index (Phi) is 7.10. The first-order chi connectivity index (χ1) is 8.20. The normalized spacial score (nSPS) is 18.2. The first-order valence-electron chi connectivity index (χ1n) is 5.67. The monoisotopic (exact) mass is 400 g/mol. The van der Waals surface area contributed by atoms with Gasteiger partial charge in [-0.2, -0.15) is 0 Å². The molecular weight excluding hydrogens is 386 g/mol. The van der Waals surface area contributed by atoms with E-state index in [1.165, 1.54) is 0 Å². The van der Waals surface area contributed by atoms with E-state index in [-0.39, 0.29) is 25.1 Å². The summed E-state index contributed by atoms with van der Waals surface area (Å²) in [6.07, 6.45) is 0. The van der Waals surface area contributed by atoms with E-state index < -0.39 is 0 Å². The van der Waals surface area contributed by atoms with Crippen LogP contribution in [-0.2, 0) is 0 Å². The van der Waals surface area contributed by atoms with Gasteiger partial charge in [-0.15, -0.1) is 12.4 Å². The zero-order valence-electron chi connectivity index (χ0n) is 9.83. The summed E-state index contributed by atoms with van der Waals surface area (Å²) < 4.78 is 15.3. The Morgan fingerprint density at radius 2 is 1.72 bits per heavy atom. The Labute approximate surface area is 130 Å². The van der Waals surface area contributed by atoms with E-state index >= 15 is 0 Å². The molecular formula is C12H16Br2ClFN2. The van der Waals surface area contributed by atoms with E-state index in [0.29, 0.717) is 0 Å².